The lowest BCUT2D eigenvalue weighted by atomic mass is 10.2. The summed E-state index contributed by atoms with van der Waals surface area (Å²) >= 11 is 0. The maximum Gasteiger partial charge on any atom is 0.282 e. The highest BCUT2D eigenvalue weighted by Gasteiger charge is 2.38. The first-order valence-corrected chi connectivity index (χ1v) is 8.48. The van der Waals surface area contributed by atoms with Crippen LogP contribution in [0.15, 0.2) is 0 Å². The van der Waals surface area contributed by atoms with Crippen molar-refractivity contribution in [3.63, 3.8) is 0 Å². The third-order valence-corrected chi connectivity index (χ3v) is 5.62. The molecular formula is C12H25N3O4S. The van der Waals surface area contributed by atoms with Gasteiger partial charge in [-0.3, -0.25) is 0 Å². The zero-order chi connectivity index (χ0) is 14.9. The lowest BCUT2D eigenvalue weighted by Gasteiger charge is -2.40. The molecule has 0 aliphatic carbocycles. The second-order valence-electron chi connectivity index (χ2n) is 5.71. The van der Waals surface area contributed by atoms with Crippen molar-refractivity contribution >= 4 is 10.2 Å². The molecule has 118 valence electrons. The van der Waals surface area contributed by atoms with Gasteiger partial charge in [-0.1, -0.05) is 0 Å². The molecule has 2 heterocycles. The van der Waals surface area contributed by atoms with Crippen molar-refractivity contribution in [3.05, 3.63) is 0 Å². The van der Waals surface area contributed by atoms with E-state index in [9.17, 15) is 8.42 Å². The molecular weight excluding hydrogens is 282 g/mol. The Morgan fingerprint density at radius 1 is 1.15 bits per heavy atom. The van der Waals surface area contributed by atoms with Crippen LogP contribution < -0.4 is 5.73 Å². The van der Waals surface area contributed by atoms with Crippen LogP contribution in [0.1, 0.15) is 20.8 Å². The fourth-order valence-electron chi connectivity index (χ4n) is 2.66. The molecule has 2 fully saturated rings. The minimum absolute atomic E-state index is 0.0844. The largest absolute Gasteiger partial charge is 0.374 e. The topological polar surface area (TPSA) is 85.1 Å². The molecule has 0 aromatic heterocycles. The molecule has 4 atom stereocenters. The third-order valence-electron chi connectivity index (χ3n) is 3.68. The molecule has 2 N–H and O–H groups in total. The van der Waals surface area contributed by atoms with Gasteiger partial charge in [-0.05, 0) is 20.8 Å². The number of hydrogen-bond acceptors (Lipinski definition) is 5. The molecule has 0 spiro atoms. The summed E-state index contributed by atoms with van der Waals surface area (Å²) in [6.45, 7) is 7.50. The smallest absolute Gasteiger partial charge is 0.282 e. The Morgan fingerprint density at radius 3 is 2.30 bits per heavy atom. The number of hydrogen-bond donors (Lipinski definition) is 1. The van der Waals surface area contributed by atoms with E-state index in [0.29, 0.717) is 32.8 Å². The Hall–Kier alpha value is -0.250. The van der Waals surface area contributed by atoms with Gasteiger partial charge >= 0.3 is 0 Å². The van der Waals surface area contributed by atoms with Crippen molar-refractivity contribution in [3.8, 4) is 0 Å². The number of morpholine rings is 2. The predicted octanol–water partition coefficient (Wildman–Crippen LogP) is -0.612. The zero-order valence-corrected chi connectivity index (χ0v) is 13.2. The molecule has 2 rings (SSSR count). The number of ether oxygens (including phenoxy) is 2. The first kappa shape index (κ1) is 16.1. The van der Waals surface area contributed by atoms with Crippen LogP contribution in [-0.4, -0.2) is 74.2 Å². The second-order valence-corrected chi connectivity index (χ2v) is 7.64. The highest BCUT2D eigenvalue weighted by molar-refractivity contribution is 7.86. The summed E-state index contributed by atoms with van der Waals surface area (Å²) in [6, 6.07) is -0.185. The van der Waals surface area contributed by atoms with Gasteiger partial charge < -0.3 is 15.2 Å². The molecule has 0 radical (unpaired) electrons. The van der Waals surface area contributed by atoms with E-state index in [-0.39, 0.29) is 24.4 Å². The van der Waals surface area contributed by atoms with Gasteiger partial charge in [0, 0.05) is 32.2 Å². The van der Waals surface area contributed by atoms with E-state index >= 15 is 0 Å². The van der Waals surface area contributed by atoms with E-state index < -0.39 is 10.2 Å². The molecule has 0 aromatic rings. The van der Waals surface area contributed by atoms with Crippen molar-refractivity contribution in [1.29, 1.82) is 0 Å². The SMILES string of the molecule is CC1CN(S(=O)(=O)N2CCOC(C(C)N)C2)CC(C)O1. The molecule has 0 amide bonds. The van der Waals surface area contributed by atoms with Crippen molar-refractivity contribution in [2.75, 3.05) is 32.8 Å². The van der Waals surface area contributed by atoms with Gasteiger partial charge in [-0.25, -0.2) is 0 Å². The summed E-state index contributed by atoms with van der Waals surface area (Å²) in [4.78, 5) is 0. The van der Waals surface area contributed by atoms with E-state index in [0.717, 1.165) is 0 Å². The fraction of sp³-hybridized carbons (Fsp3) is 1.00. The second kappa shape index (κ2) is 6.25. The molecule has 0 aromatic carbocycles. The Bertz CT molecular complexity index is 418. The average Bonchev–Trinajstić information content (AvgIpc) is 2.37. The van der Waals surface area contributed by atoms with Crippen LogP contribution in [0.4, 0.5) is 0 Å². The average molecular weight is 307 g/mol. The molecule has 2 aliphatic rings. The van der Waals surface area contributed by atoms with Crippen molar-refractivity contribution in [1.82, 2.24) is 8.61 Å². The van der Waals surface area contributed by atoms with Crippen molar-refractivity contribution < 1.29 is 17.9 Å². The quantitative estimate of drug-likeness (QED) is 0.752. The molecule has 2 aliphatic heterocycles. The van der Waals surface area contributed by atoms with Crippen LogP contribution in [0.25, 0.3) is 0 Å². The number of nitrogens with zero attached hydrogens (tertiary/aromatic N) is 2. The summed E-state index contributed by atoms with van der Waals surface area (Å²) in [5.74, 6) is 0. The zero-order valence-electron chi connectivity index (χ0n) is 12.4. The van der Waals surface area contributed by atoms with E-state index in [2.05, 4.69) is 0 Å². The molecule has 8 heteroatoms. The van der Waals surface area contributed by atoms with Gasteiger partial charge in [-0.15, -0.1) is 0 Å². The van der Waals surface area contributed by atoms with E-state index in [1.54, 1.807) is 0 Å². The number of rotatable bonds is 3. The first-order valence-electron chi connectivity index (χ1n) is 7.08. The maximum absolute atomic E-state index is 12.7. The van der Waals surface area contributed by atoms with Crippen LogP contribution in [0, 0.1) is 0 Å². The summed E-state index contributed by atoms with van der Waals surface area (Å²) in [6.07, 6.45) is -0.410. The lowest BCUT2D eigenvalue weighted by molar-refractivity contribution is -0.0489. The summed E-state index contributed by atoms with van der Waals surface area (Å²) in [7, 11) is -3.47. The summed E-state index contributed by atoms with van der Waals surface area (Å²) in [5.41, 5.74) is 5.82. The van der Waals surface area contributed by atoms with Gasteiger partial charge in [0.1, 0.15) is 0 Å². The Labute approximate surface area is 121 Å². The predicted molar refractivity (Wildman–Crippen MR) is 75.5 cm³/mol. The fourth-order valence-corrected chi connectivity index (χ4v) is 4.42. The van der Waals surface area contributed by atoms with Crippen LogP contribution in [-0.2, 0) is 19.7 Å². The monoisotopic (exact) mass is 307 g/mol. The first-order chi connectivity index (χ1) is 9.30. The molecule has 7 nitrogen and oxygen atoms in total. The van der Waals surface area contributed by atoms with Crippen LogP contribution in [0.2, 0.25) is 0 Å². The van der Waals surface area contributed by atoms with Crippen LogP contribution in [0.3, 0.4) is 0 Å². The minimum atomic E-state index is -3.47. The van der Waals surface area contributed by atoms with E-state index in [4.69, 9.17) is 15.2 Å². The molecule has 0 bridgehead atoms. The van der Waals surface area contributed by atoms with Crippen LogP contribution in [0.5, 0.6) is 0 Å². The van der Waals surface area contributed by atoms with Gasteiger partial charge in [0.25, 0.3) is 10.2 Å². The standard InChI is InChI=1S/C12H25N3O4S/c1-9-6-15(7-10(2)19-9)20(16,17)14-4-5-18-12(8-14)11(3)13/h9-12H,4-8,13H2,1-3H3. The van der Waals surface area contributed by atoms with E-state index in [1.165, 1.54) is 8.61 Å². The molecule has 2 saturated heterocycles. The number of nitrogens with two attached hydrogens (primary N) is 1. The highest BCUT2D eigenvalue weighted by Crippen LogP contribution is 2.20. The maximum atomic E-state index is 12.7. The van der Waals surface area contributed by atoms with Gasteiger partial charge in [0.15, 0.2) is 0 Å². The van der Waals surface area contributed by atoms with Crippen molar-refractivity contribution in [2.24, 2.45) is 5.73 Å². The normalized spacial score (nSPS) is 35.9. The minimum Gasteiger partial charge on any atom is -0.374 e. The highest BCUT2D eigenvalue weighted by atomic mass is 32.2. The summed E-state index contributed by atoms with van der Waals surface area (Å²) < 4.78 is 39.5. The lowest BCUT2D eigenvalue weighted by Crippen LogP contribution is -2.58. The molecule has 0 saturated carbocycles. The van der Waals surface area contributed by atoms with Gasteiger partial charge in [0.2, 0.25) is 0 Å². The van der Waals surface area contributed by atoms with Gasteiger partial charge in [-0.2, -0.15) is 17.0 Å². The van der Waals surface area contributed by atoms with E-state index in [1.807, 2.05) is 20.8 Å². The third kappa shape index (κ3) is 3.49. The molecule has 20 heavy (non-hydrogen) atoms. The Morgan fingerprint density at radius 2 is 1.75 bits per heavy atom. The van der Waals surface area contributed by atoms with Crippen LogP contribution >= 0.6 is 0 Å². The van der Waals surface area contributed by atoms with Crippen molar-refractivity contribution in [2.45, 2.75) is 45.1 Å². The Kier molecular flexibility index (Phi) is 5.04. The Balaban J connectivity index is 2.09. The van der Waals surface area contributed by atoms with Gasteiger partial charge in [0.05, 0.1) is 24.9 Å². The molecule has 4 unspecified atom stereocenters. The summed E-state index contributed by atoms with van der Waals surface area (Å²) in [5, 5.41) is 0.